The number of hydrazone groups is 1. The molecule has 0 saturated carbocycles. The Kier molecular flexibility index (Phi) is 5.32. The fraction of sp³-hybridized carbons (Fsp3) is 0.0833. The van der Waals surface area contributed by atoms with E-state index in [1.807, 2.05) is 18.2 Å². The molecule has 5 heteroatoms. The Morgan fingerprint density at radius 1 is 1.00 bits per heavy atom. The summed E-state index contributed by atoms with van der Waals surface area (Å²) in [7, 11) is 0. The van der Waals surface area contributed by atoms with Crippen molar-refractivity contribution >= 4 is 38.8 Å². The lowest BCUT2D eigenvalue weighted by Crippen LogP contribution is -2.17. The van der Waals surface area contributed by atoms with Crippen LogP contribution in [0.4, 0.5) is 0 Å². The van der Waals surface area contributed by atoms with Crippen LogP contribution in [0.2, 0.25) is 0 Å². The Balaban J connectivity index is 1.62. The van der Waals surface area contributed by atoms with Crippen molar-refractivity contribution in [1.29, 1.82) is 0 Å². The molecule has 29 heavy (non-hydrogen) atoms. The van der Waals surface area contributed by atoms with Crippen molar-refractivity contribution in [2.75, 3.05) is 0 Å². The molecule has 0 bridgehead atoms. The molecule has 0 radical (unpaired) electrons. The molecule has 3 aromatic carbocycles. The largest absolute Gasteiger partial charge is 0.317 e. The second kappa shape index (κ2) is 8.05. The second-order valence-corrected chi connectivity index (χ2v) is 7.79. The van der Waals surface area contributed by atoms with Gasteiger partial charge < -0.3 is 4.57 Å². The second-order valence-electron chi connectivity index (χ2n) is 6.87. The first-order valence-corrected chi connectivity index (χ1v) is 10.1. The van der Waals surface area contributed by atoms with E-state index >= 15 is 0 Å². The van der Waals surface area contributed by atoms with Crippen molar-refractivity contribution in [3.05, 3.63) is 99.8 Å². The highest BCUT2D eigenvalue weighted by molar-refractivity contribution is 9.10. The fourth-order valence-corrected chi connectivity index (χ4v) is 3.95. The number of amides is 1. The summed E-state index contributed by atoms with van der Waals surface area (Å²) in [6, 6.07) is 24.0. The molecule has 0 atom stereocenters. The molecule has 1 amide bonds. The highest BCUT2D eigenvalue weighted by Gasteiger charge is 2.12. The lowest BCUT2D eigenvalue weighted by atomic mass is 10.1. The number of carbonyl (C=O) groups excluding carboxylic acids is 1. The van der Waals surface area contributed by atoms with E-state index in [-0.39, 0.29) is 5.91 Å². The molecule has 1 heterocycles. The van der Waals surface area contributed by atoms with Gasteiger partial charge in [-0.3, -0.25) is 4.79 Å². The predicted octanol–water partition coefficient (Wildman–Crippen LogP) is 5.77. The molecule has 0 aliphatic rings. The molecule has 0 aliphatic heterocycles. The van der Waals surface area contributed by atoms with Gasteiger partial charge in [0.2, 0.25) is 0 Å². The maximum atomic E-state index is 12.3. The summed E-state index contributed by atoms with van der Waals surface area (Å²) < 4.78 is 3.08. The summed E-state index contributed by atoms with van der Waals surface area (Å²) in [4.78, 5) is 12.3. The zero-order valence-corrected chi connectivity index (χ0v) is 17.8. The van der Waals surface area contributed by atoms with Gasteiger partial charge in [-0.05, 0) is 49.6 Å². The van der Waals surface area contributed by atoms with Crippen molar-refractivity contribution < 1.29 is 4.79 Å². The Labute approximate surface area is 178 Å². The summed E-state index contributed by atoms with van der Waals surface area (Å²) in [6.07, 6.45) is 1.69. The SMILES string of the molecule is Cc1cc(/C=N\NC(=O)c2cccc(Br)c2)c(C)n1-c1cccc2ccccc12. The minimum absolute atomic E-state index is 0.245. The van der Waals surface area contributed by atoms with Gasteiger partial charge in [0.1, 0.15) is 0 Å². The topological polar surface area (TPSA) is 46.4 Å². The lowest BCUT2D eigenvalue weighted by Gasteiger charge is -2.12. The van der Waals surface area contributed by atoms with Crippen LogP contribution in [-0.4, -0.2) is 16.7 Å². The van der Waals surface area contributed by atoms with Crippen molar-refractivity contribution in [2.24, 2.45) is 5.10 Å². The average molecular weight is 446 g/mol. The van der Waals surface area contributed by atoms with Crippen LogP contribution in [0.25, 0.3) is 16.5 Å². The van der Waals surface area contributed by atoms with Gasteiger partial charge in [0.05, 0.1) is 11.9 Å². The highest BCUT2D eigenvalue weighted by atomic mass is 79.9. The van der Waals surface area contributed by atoms with Crippen molar-refractivity contribution in [3.8, 4) is 5.69 Å². The predicted molar refractivity (Wildman–Crippen MR) is 122 cm³/mol. The molecule has 144 valence electrons. The van der Waals surface area contributed by atoms with E-state index in [1.165, 1.54) is 10.8 Å². The number of hydrogen-bond acceptors (Lipinski definition) is 2. The standard InChI is InChI=1S/C24H20BrN3O/c1-16-13-20(15-26-27-24(29)19-9-5-10-21(25)14-19)17(2)28(16)23-12-6-8-18-7-3-4-11-22(18)23/h3-15H,1-2H3,(H,27,29)/b26-15-. The minimum Gasteiger partial charge on any atom is -0.317 e. The van der Waals surface area contributed by atoms with E-state index < -0.39 is 0 Å². The van der Waals surface area contributed by atoms with Gasteiger partial charge in [0.25, 0.3) is 5.91 Å². The number of rotatable bonds is 4. The molecule has 1 N–H and O–H groups in total. The summed E-state index contributed by atoms with van der Waals surface area (Å²) >= 11 is 3.37. The zero-order chi connectivity index (χ0) is 20.4. The van der Waals surface area contributed by atoms with Gasteiger partial charge in [-0.25, -0.2) is 5.43 Å². The van der Waals surface area contributed by atoms with E-state index in [0.29, 0.717) is 5.56 Å². The third-order valence-corrected chi connectivity index (χ3v) is 5.43. The lowest BCUT2D eigenvalue weighted by molar-refractivity contribution is 0.0955. The molecule has 0 unspecified atom stereocenters. The summed E-state index contributed by atoms with van der Waals surface area (Å²) in [6.45, 7) is 4.14. The van der Waals surface area contributed by atoms with Crippen LogP contribution in [0.1, 0.15) is 27.3 Å². The Bertz CT molecular complexity index is 1230. The van der Waals surface area contributed by atoms with Gasteiger partial charge >= 0.3 is 0 Å². The first-order chi connectivity index (χ1) is 14.0. The minimum atomic E-state index is -0.245. The maximum Gasteiger partial charge on any atom is 0.271 e. The van der Waals surface area contributed by atoms with Gasteiger partial charge in [0, 0.05) is 32.4 Å². The summed E-state index contributed by atoms with van der Waals surface area (Å²) in [5.74, 6) is -0.245. The molecule has 0 fully saturated rings. The Hall–Kier alpha value is -3.18. The summed E-state index contributed by atoms with van der Waals surface area (Å²) in [5, 5.41) is 6.57. The molecular formula is C24H20BrN3O. The van der Waals surface area contributed by atoms with Crippen molar-refractivity contribution in [3.63, 3.8) is 0 Å². The monoisotopic (exact) mass is 445 g/mol. The van der Waals surface area contributed by atoms with E-state index in [4.69, 9.17) is 0 Å². The van der Waals surface area contributed by atoms with Crippen LogP contribution in [0.15, 0.2) is 82.4 Å². The third kappa shape index (κ3) is 3.87. The van der Waals surface area contributed by atoms with Crippen LogP contribution in [0.5, 0.6) is 0 Å². The maximum absolute atomic E-state index is 12.3. The van der Waals surface area contributed by atoms with Gasteiger partial charge in [-0.2, -0.15) is 5.10 Å². The quantitative estimate of drug-likeness (QED) is 0.314. The number of carbonyl (C=O) groups is 1. The van der Waals surface area contributed by atoms with E-state index in [0.717, 1.165) is 27.1 Å². The normalized spacial score (nSPS) is 11.3. The van der Waals surface area contributed by atoms with Crippen LogP contribution in [-0.2, 0) is 0 Å². The van der Waals surface area contributed by atoms with E-state index in [1.54, 1.807) is 18.3 Å². The van der Waals surface area contributed by atoms with Gasteiger partial charge in [-0.1, -0.05) is 58.4 Å². The Morgan fingerprint density at radius 3 is 2.59 bits per heavy atom. The summed E-state index contributed by atoms with van der Waals surface area (Å²) in [5.41, 5.74) is 7.43. The number of nitrogens with zero attached hydrogens (tertiary/aromatic N) is 2. The number of benzene rings is 3. The van der Waals surface area contributed by atoms with Crippen LogP contribution >= 0.6 is 15.9 Å². The van der Waals surface area contributed by atoms with Crippen molar-refractivity contribution in [1.82, 2.24) is 9.99 Å². The highest BCUT2D eigenvalue weighted by Crippen LogP contribution is 2.26. The van der Waals surface area contributed by atoms with Gasteiger partial charge in [0.15, 0.2) is 0 Å². The van der Waals surface area contributed by atoms with Crippen LogP contribution in [0, 0.1) is 13.8 Å². The van der Waals surface area contributed by atoms with E-state index in [2.05, 4.69) is 87.3 Å². The van der Waals surface area contributed by atoms with Crippen LogP contribution in [0.3, 0.4) is 0 Å². The third-order valence-electron chi connectivity index (χ3n) is 4.93. The number of halogens is 1. The molecule has 1 aromatic heterocycles. The van der Waals surface area contributed by atoms with Crippen LogP contribution < -0.4 is 5.43 Å². The number of aromatic nitrogens is 1. The molecular weight excluding hydrogens is 426 g/mol. The van der Waals surface area contributed by atoms with E-state index in [9.17, 15) is 4.79 Å². The number of fused-ring (bicyclic) bond motifs is 1. The molecule has 4 aromatic rings. The van der Waals surface area contributed by atoms with Gasteiger partial charge in [-0.15, -0.1) is 0 Å². The first kappa shape index (κ1) is 19.2. The van der Waals surface area contributed by atoms with Crippen molar-refractivity contribution in [2.45, 2.75) is 13.8 Å². The first-order valence-electron chi connectivity index (χ1n) is 9.30. The number of nitrogens with one attached hydrogen (secondary N) is 1. The number of hydrogen-bond donors (Lipinski definition) is 1. The molecule has 4 nitrogen and oxygen atoms in total. The molecule has 0 aliphatic carbocycles. The number of aryl methyl sites for hydroxylation is 1. The molecule has 0 saturated heterocycles. The average Bonchev–Trinajstić information content (AvgIpc) is 3.00. The molecule has 4 rings (SSSR count). The Morgan fingerprint density at radius 2 is 1.76 bits per heavy atom. The molecule has 0 spiro atoms. The zero-order valence-electron chi connectivity index (χ0n) is 16.2. The fourth-order valence-electron chi connectivity index (χ4n) is 3.55. The smallest absolute Gasteiger partial charge is 0.271 e.